The summed E-state index contributed by atoms with van der Waals surface area (Å²) in [6, 6.07) is 10.7. The van der Waals surface area contributed by atoms with Gasteiger partial charge in [0.05, 0.1) is 12.8 Å². The molecule has 0 aliphatic carbocycles. The summed E-state index contributed by atoms with van der Waals surface area (Å²) in [4.78, 5) is 21.0. The maximum absolute atomic E-state index is 12.4. The van der Waals surface area contributed by atoms with E-state index in [-0.39, 0.29) is 5.91 Å². The average molecular weight is 375 g/mol. The van der Waals surface area contributed by atoms with E-state index < -0.39 is 0 Å². The van der Waals surface area contributed by atoms with Gasteiger partial charge in [0.1, 0.15) is 17.3 Å². The first-order valence-corrected chi connectivity index (χ1v) is 8.62. The van der Waals surface area contributed by atoms with Crippen molar-refractivity contribution >= 4 is 45.5 Å². The minimum Gasteiger partial charge on any atom is -0.495 e. The summed E-state index contributed by atoms with van der Waals surface area (Å²) < 4.78 is 5.22. The molecule has 3 rings (SSSR count). The normalized spacial score (nSPS) is 10.4. The number of nitrogens with zero attached hydrogens (tertiary/aromatic N) is 2. The largest absolute Gasteiger partial charge is 0.495 e. The van der Waals surface area contributed by atoms with Gasteiger partial charge in [-0.3, -0.25) is 4.79 Å². The van der Waals surface area contributed by atoms with E-state index in [1.165, 1.54) is 18.4 Å². The second-order valence-corrected chi connectivity index (χ2v) is 6.42. The molecule has 2 aromatic heterocycles. The number of rotatable bonds is 5. The number of anilines is 3. The minimum absolute atomic E-state index is 0.294. The molecule has 0 spiro atoms. The third-order valence-electron chi connectivity index (χ3n) is 3.27. The van der Waals surface area contributed by atoms with Crippen molar-refractivity contribution in [3.8, 4) is 5.75 Å². The number of aromatic nitrogens is 2. The van der Waals surface area contributed by atoms with E-state index in [1.54, 1.807) is 23.6 Å². The first kappa shape index (κ1) is 17.2. The molecular formula is C17H15ClN4O2S. The van der Waals surface area contributed by atoms with Crippen molar-refractivity contribution in [2.24, 2.45) is 0 Å². The van der Waals surface area contributed by atoms with Crippen molar-refractivity contribution in [1.82, 2.24) is 9.97 Å². The van der Waals surface area contributed by atoms with Crippen molar-refractivity contribution in [3.63, 3.8) is 0 Å². The molecule has 2 heterocycles. The van der Waals surface area contributed by atoms with E-state index in [0.717, 1.165) is 5.69 Å². The van der Waals surface area contributed by atoms with Crippen LogP contribution >= 0.6 is 22.9 Å². The van der Waals surface area contributed by atoms with E-state index in [2.05, 4.69) is 20.6 Å². The van der Waals surface area contributed by atoms with Gasteiger partial charge in [-0.2, -0.15) is 0 Å². The smallest absolute Gasteiger partial charge is 0.275 e. The van der Waals surface area contributed by atoms with Gasteiger partial charge in [-0.15, -0.1) is 11.3 Å². The maximum Gasteiger partial charge on any atom is 0.275 e. The van der Waals surface area contributed by atoms with Gasteiger partial charge in [-0.05, 0) is 37.3 Å². The number of pyridine rings is 1. The van der Waals surface area contributed by atoms with Crippen LogP contribution in [0.2, 0.25) is 5.02 Å². The molecule has 3 aromatic rings. The average Bonchev–Trinajstić information content (AvgIpc) is 3.04. The van der Waals surface area contributed by atoms with E-state index in [4.69, 9.17) is 16.3 Å². The molecule has 0 saturated heterocycles. The molecule has 0 aliphatic heterocycles. The number of benzene rings is 1. The molecule has 0 saturated carbocycles. The highest BCUT2D eigenvalue weighted by atomic mass is 35.5. The zero-order valence-corrected chi connectivity index (χ0v) is 15.1. The molecule has 2 N–H and O–H groups in total. The first-order valence-electron chi connectivity index (χ1n) is 7.36. The van der Waals surface area contributed by atoms with Crippen LogP contribution in [0.3, 0.4) is 0 Å². The molecule has 1 amide bonds. The summed E-state index contributed by atoms with van der Waals surface area (Å²) in [5.74, 6) is 0.857. The lowest BCUT2D eigenvalue weighted by Crippen LogP contribution is -2.13. The predicted molar refractivity (Wildman–Crippen MR) is 100 cm³/mol. The zero-order chi connectivity index (χ0) is 17.8. The van der Waals surface area contributed by atoms with E-state index in [0.29, 0.717) is 33.1 Å². The lowest BCUT2D eigenvalue weighted by Gasteiger charge is -2.09. The van der Waals surface area contributed by atoms with Crippen LogP contribution in [-0.2, 0) is 0 Å². The number of amides is 1. The van der Waals surface area contributed by atoms with Crippen molar-refractivity contribution in [2.45, 2.75) is 6.92 Å². The number of nitrogens with one attached hydrogen (secondary N) is 2. The van der Waals surface area contributed by atoms with Gasteiger partial charge in [0.25, 0.3) is 5.91 Å². The molecule has 0 unspecified atom stereocenters. The molecule has 1 aromatic carbocycles. The Morgan fingerprint density at radius 2 is 2.08 bits per heavy atom. The SMILES string of the molecule is COc1ccc(Cl)cc1NC(=O)c1csc(Nc2cccc(C)n2)n1. The van der Waals surface area contributed by atoms with Crippen LogP contribution in [0.5, 0.6) is 5.75 Å². The molecule has 6 nitrogen and oxygen atoms in total. The second-order valence-electron chi connectivity index (χ2n) is 5.13. The van der Waals surface area contributed by atoms with Crippen molar-refractivity contribution in [2.75, 3.05) is 17.7 Å². The Labute approximate surface area is 153 Å². The lowest BCUT2D eigenvalue weighted by molar-refractivity contribution is 0.102. The zero-order valence-electron chi connectivity index (χ0n) is 13.5. The van der Waals surface area contributed by atoms with Crippen molar-refractivity contribution < 1.29 is 9.53 Å². The van der Waals surface area contributed by atoms with Gasteiger partial charge in [0.15, 0.2) is 5.13 Å². The van der Waals surface area contributed by atoms with Gasteiger partial charge in [0.2, 0.25) is 0 Å². The summed E-state index contributed by atoms with van der Waals surface area (Å²) >= 11 is 7.29. The summed E-state index contributed by atoms with van der Waals surface area (Å²) in [6.45, 7) is 1.91. The van der Waals surface area contributed by atoms with Crippen molar-refractivity contribution in [3.05, 3.63) is 58.2 Å². The number of ether oxygens (including phenoxy) is 1. The van der Waals surface area contributed by atoms with Crippen LogP contribution in [0.4, 0.5) is 16.6 Å². The molecule has 0 aliphatic rings. The third-order valence-corrected chi connectivity index (χ3v) is 4.26. The van der Waals surface area contributed by atoms with Crippen molar-refractivity contribution in [1.29, 1.82) is 0 Å². The number of hydrogen-bond acceptors (Lipinski definition) is 6. The standard InChI is InChI=1S/C17H15ClN4O2S/c1-10-4-3-5-15(19-10)22-17-21-13(9-25-17)16(23)20-12-8-11(18)6-7-14(12)24-2/h3-9H,1-2H3,(H,20,23)(H,19,21,22). The monoisotopic (exact) mass is 374 g/mol. The van der Waals surface area contributed by atoms with Crippen LogP contribution in [0.25, 0.3) is 0 Å². The molecule has 25 heavy (non-hydrogen) atoms. The third kappa shape index (κ3) is 4.26. The first-order chi connectivity index (χ1) is 12.0. The van der Waals surface area contributed by atoms with Gasteiger partial charge in [0, 0.05) is 16.1 Å². The lowest BCUT2D eigenvalue weighted by atomic mass is 10.3. The molecule has 128 valence electrons. The number of aryl methyl sites for hydroxylation is 1. The molecule has 0 atom stereocenters. The molecular weight excluding hydrogens is 360 g/mol. The van der Waals surface area contributed by atoms with E-state index >= 15 is 0 Å². The number of halogens is 1. The van der Waals surface area contributed by atoms with Gasteiger partial charge >= 0.3 is 0 Å². The number of carbonyl (C=O) groups is 1. The predicted octanol–water partition coefficient (Wildman–Crippen LogP) is 4.50. The van der Waals surface area contributed by atoms with Gasteiger partial charge in [-0.1, -0.05) is 17.7 Å². The Morgan fingerprint density at radius 1 is 1.24 bits per heavy atom. The minimum atomic E-state index is -0.345. The Hall–Kier alpha value is -2.64. The highest BCUT2D eigenvalue weighted by Gasteiger charge is 2.14. The quantitative estimate of drug-likeness (QED) is 0.687. The number of thiazole rings is 1. The number of hydrogen-bond donors (Lipinski definition) is 2. The fourth-order valence-electron chi connectivity index (χ4n) is 2.12. The fourth-order valence-corrected chi connectivity index (χ4v) is 2.99. The topological polar surface area (TPSA) is 76.1 Å². The Morgan fingerprint density at radius 3 is 2.84 bits per heavy atom. The summed E-state index contributed by atoms with van der Waals surface area (Å²) in [5.41, 5.74) is 1.68. The van der Waals surface area contributed by atoms with Gasteiger partial charge < -0.3 is 15.4 Å². The molecule has 0 bridgehead atoms. The Bertz CT molecular complexity index is 913. The van der Waals surface area contributed by atoms with E-state index in [1.807, 2.05) is 25.1 Å². The Balaban J connectivity index is 1.74. The van der Waals surface area contributed by atoms with Crippen LogP contribution < -0.4 is 15.4 Å². The maximum atomic E-state index is 12.4. The summed E-state index contributed by atoms with van der Waals surface area (Å²) in [6.07, 6.45) is 0. The molecule has 0 radical (unpaired) electrons. The summed E-state index contributed by atoms with van der Waals surface area (Å²) in [5, 5.41) is 8.60. The van der Waals surface area contributed by atoms with Crippen LogP contribution in [-0.4, -0.2) is 23.0 Å². The highest BCUT2D eigenvalue weighted by molar-refractivity contribution is 7.14. The van der Waals surface area contributed by atoms with E-state index in [9.17, 15) is 4.79 Å². The number of carbonyl (C=O) groups excluding carboxylic acids is 1. The van der Waals surface area contributed by atoms with Crippen LogP contribution in [0, 0.1) is 6.92 Å². The molecule has 0 fully saturated rings. The second kappa shape index (κ2) is 7.50. The molecule has 8 heteroatoms. The van der Waals surface area contributed by atoms with Crippen LogP contribution in [0.15, 0.2) is 41.8 Å². The Kier molecular flexibility index (Phi) is 5.16. The number of methoxy groups -OCH3 is 1. The van der Waals surface area contributed by atoms with Gasteiger partial charge in [-0.25, -0.2) is 9.97 Å². The van der Waals surface area contributed by atoms with Crippen LogP contribution in [0.1, 0.15) is 16.2 Å². The fraction of sp³-hybridized carbons (Fsp3) is 0.118. The summed E-state index contributed by atoms with van der Waals surface area (Å²) in [7, 11) is 1.53. The highest BCUT2D eigenvalue weighted by Crippen LogP contribution is 2.28.